The quantitative estimate of drug-likeness (QED) is 0.178. The second kappa shape index (κ2) is 9.78. The number of anilines is 3. The molecule has 0 bridgehead atoms. The van der Waals surface area contributed by atoms with Gasteiger partial charge >= 0.3 is 0 Å². The van der Waals surface area contributed by atoms with Gasteiger partial charge in [0.15, 0.2) is 0 Å². The topological polar surface area (TPSA) is 3.24 Å². The lowest BCUT2D eigenvalue weighted by Crippen LogP contribution is -2.15. The summed E-state index contributed by atoms with van der Waals surface area (Å²) in [6.07, 6.45) is 0. The van der Waals surface area contributed by atoms with Crippen molar-refractivity contribution < 1.29 is 0 Å². The van der Waals surface area contributed by atoms with Crippen molar-refractivity contribution in [3.63, 3.8) is 0 Å². The number of nitrogens with zero attached hydrogens (tertiary/aromatic N) is 1. The molecule has 0 unspecified atom stereocenters. The fourth-order valence-corrected chi connectivity index (χ4v) is 9.27. The van der Waals surface area contributed by atoms with Crippen LogP contribution < -0.4 is 4.90 Å². The molecule has 0 saturated heterocycles. The summed E-state index contributed by atoms with van der Waals surface area (Å²) in [6.45, 7) is 4.70. The van der Waals surface area contributed by atoms with E-state index in [0.717, 1.165) is 11.4 Å². The molecule has 1 heterocycles. The molecule has 1 nitrogen and oxygen atoms in total. The largest absolute Gasteiger partial charge is 0.310 e. The second-order valence-corrected chi connectivity index (χ2v) is 14.4. The van der Waals surface area contributed by atoms with Gasteiger partial charge in [0, 0.05) is 42.6 Å². The molecule has 47 heavy (non-hydrogen) atoms. The van der Waals surface area contributed by atoms with E-state index in [0.29, 0.717) is 0 Å². The molecule has 0 N–H and O–H groups in total. The minimum atomic E-state index is -0.0350. The SMILES string of the molecule is CC1(C)c2ccccc2-c2cc(N(c3ccc4sc5ccccc5c4c3)c3ccc4c5ccccc5c5ccccc5c4c3)ccc21. The molecule has 1 aliphatic rings. The number of hydrogen-bond acceptors (Lipinski definition) is 2. The Morgan fingerprint density at radius 2 is 0.872 bits per heavy atom. The molecule has 10 rings (SSSR count). The third kappa shape index (κ3) is 3.83. The lowest BCUT2D eigenvalue weighted by Gasteiger charge is -2.28. The molecule has 2 heteroatoms. The van der Waals surface area contributed by atoms with Gasteiger partial charge in [0.25, 0.3) is 0 Å². The lowest BCUT2D eigenvalue weighted by atomic mass is 9.82. The van der Waals surface area contributed by atoms with E-state index in [1.165, 1.54) is 80.4 Å². The molecule has 0 aliphatic heterocycles. The number of benzene rings is 8. The minimum Gasteiger partial charge on any atom is -0.310 e. The molecule has 0 atom stereocenters. The van der Waals surface area contributed by atoms with E-state index in [9.17, 15) is 0 Å². The first-order valence-electron chi connectivity index (χ1n) is 16.4. The first-order valence-corrected chi connectivity index (χ1v) is 17.2. The van der Waals surface area contributed by atoms with Gasteiger partial charge in [-0.25, -0.2) is 0 Å². The van der Waals surface area contributed by atoms with Crippen LogP contribution in [-0.2, 0) is 5.41 Å². The van der Waals surface area contributed by atoms with Crippen LogP contribution >= 0.6 is 11.3 Å². The third-order valence-corrected chi connectivity index (χ3v) is 11.6. The van der Waals surface area contributed by atoms with Gasteiger partial charge in [0.2, 0.25) is 0 Å². The summed E-state index contributed by atoms with van der Waals surface area (Å²) in [4.78, 5) is 2.46. The van der Waals surface area contributed by atoms with Gasteiger partial charge in [0.1, 0.15) is 0 Å². The van der Waals surface area contributed by atoms with E-state index < -0.39 is 0 Å². The maximum absolute atomic E-state index is 2.46. The van der Waals surface area contributed by atoms with Crippen molar-refractivity contribution in [1.82, 2.24) is 0 Å². The van der Waals surface area contributed by atoms with E-state index >= 15 is 0 Å². The minimum absolute atomic E-state index is 0.0350. The highest BCUT2D eigenvalue weighted by Crippen LogP contribution is 2.51. The van der Waals surface area contributed by atoms with Crippen molar-refractivity contribution >= 4 is 80.9 Å². The van der Waals surface area contributed by atoms with Gasteiger partial charge < -0.3 is 4.90 Å². The van der Waals surface area contributed by atoms with Crippen LogP contribution in [0.5, 0.6) is 0 Å². The molecule has 0 fully saturated rings. The number of fused-ring (bicyclic) bond motifs is 12. The van der Waals surface area contributed by atoms with Crippen molar-refractivity contribution in [2.75, 3.05) is 4.90 Å². The fourth-order valence-electron chi connectivity index (χ4n) is 8.18. The van der Waals surface area contributed by atoms with Crippen LogP contribution in [0.3, 0.4) is 0 Å². The maximum atomic E-state index is 2.46. The van der Waals surface area contributed by atoms with E-state index in [-0.39, 0.29) is 5.41 Å². The van der Waals surface area contributed by atoms with Crippen molar-refractivity contribution in [2.24, 2.45) is 0 Å². The maximum Gasteiger partial charge on any atom is 0.0468 e. The van der Waals surface area contributed by atoms with Crippen molar-refractivity contribution in [2.45, 2.75) is 19.3 Å². The summed E-state index contributed by atoms with van der Waals surface area (Å²) in [5, 5.41) is 10.3. The Bertz CT molecular complexity index is 2690. The fraction of sp³-hybridized carbons (Fsp3) is 0.0667. The van der Waals surface area contributed by atoms with Crippen molar-refractivity contribution in [3.05, 3.63) is 163 Å². The van der Waals surface area contributed by atoms with Gasteiger partial charge in [-0.2, -0.15) is 0 Å². The molecule has 0 amide bonds. The normalized spacial score (nSPS) is 13.5. The Hall–Kier alpha value is -5.44. The Balaban J connectivity index is 1.26. The van der Waals surface area contributed by atoms with Gasteiger partial charge in [-0.05, 0) is 103 Å². The predicted molar refractivity (Wildman–Crippen MR) is 204 cm³/mol. The third-order valence-electron chi connectivity index (χ3n) is 10.4. The van der Waals surface area contributed by atoms with Crippen LogP contribution in [-0.4, -0.2) is 0 Å². The van der Waals surface area contributed by atoms with Crippen LogP contribution in [0.4, 0.5) is 17.1 Å². The molecule has 1 aliphatic carbocycles. The second-order valence-electron chi connectivity index (χ2n) is 13.3. The summed E-state index contributed by atoms with van der Waals surface area (Å²) < 4.78 is 2.64. The summed E-state index contributed by atoms with van der Waals surface area (Å²) in [7, 11) is 0. The monoisotopic (exact) mass is 617 g/mol. The average Bonchev–Trinajstić information content (AvgIpc) is 3.60. The van der Waals surface area contributed by atoms with Gasteiger partial charge in [-0.15, -0.1) is 11.3 Å². The first kappa shape index (κ1) is 26.7. The Labute approximate surface area is 278 Å². The molecule has 0 spiro atoms. The summed E-state index contributed by atoms with van der Waals surface area (Å²) in [6, 6.07) is 56.5. The zero-order chi connectivity index (χ0) is 31.3. The number of thiophene rings is 1. The molecule has 0 saturated carbocycles. The van der Waals surface area contributed by atoms with Crippen LogP contribution in [0, 0.1) is 0 Å². The van der Waals surface area contributed by atoms with E-state index in [2.05, 4.69) is 170 Å². The van der Waals surface area contributed by atoms with E-state index in [1.807, 2.05) is 11.3 Å². The highest BCUT2D eigenvalue weighted by molar-refractivity contribution is 7.25. The molecular weight excluding hydrogens is 587 g/mol. The van der Waals surface area contributed by atoms with Gasteiger partial charge in [-0.3, -0.25) is 0 Å². The highest BCUT2D eigenvalue weighted by atomic mass is 32.1. The summed E-state index contributed by atoms with van der Waals surface area (Å²) >= 11 is 1.87. The lowest BCUT2D eigenvalue weighted by molar-refractivity contribution is 0.660. The Kier molecular flexibility index (Phi) is 5.57. The summed E-state index contributed by atoms with van der Waals surface area (Å²) in [5.74, 6) is 0. The van der Waals surface area contributed by atoms with Crippen LogP contribution in [0.2, 0.25) is 0 Å². The summed E-state index contributed by atoms with van der Waals surface area (Å²) in [5.41, 5.74) is 8.90. The molecule has 9 aromatic rings. The number of rotatable bonds is 3. The smallest absolute Gasteiger partial charge is 0.0468 e. The number of hydrogen-bond donors (Lipinski definition) is 0. The van der Waals surface area contributed by atoms with Crippen LogP contribution in [0.1, 0.15) is 25.0 Å². The van der Waals surface area contributed by atoms with E-state index in [1.54, 1.807) is 0 Å². The van der Waals surface area contributed by atoms with E-state index in [4.69, 9.17) is 0 Å². The van der Waals surface area contributed by atoms with Crippen molar-refractivity contribution in [3.8, 4) is 11.1 Å². The predicted octanol–water partition coefficient (Wildman–Crippen LogP) is 13.3. The Morgan fingerprint density at radius 3 is 1.62 bits per heavy atom. The molecular formula is C45H31NS. The van der Waals surface area contributed by atoms with Crippen LogP contribution in [0.25, 0.3) is 63.6 Å². The van der Waals surface area contributed by atoms with Gasteiger partial charge in [-0.1, -0.05) is 117 Å². The highest BCUT2D eigenvalue weighted by Gasteiger charge is 2.35. The Morgan fingerprint density at radius 1 is 0.383 bits per heavy atom. The molecule has 222 valence electrons. The van der Waals surface area contributed by atoms with Gasteiger partial charge in [0.05, 0.1) is 0 Å². The zero-order valence-corrected chi connectivity index (χ0v) is 27.1. The molecule has 0 radical (unpaired) electrons. The molecule has 1 aromatic heterocycles. The standard InChI is InChI=1S/C45H31NS/c1-45(2)41-17-9-7-15-36(41)39-26-29(20-23-42(39)45)46(30-21-24-44-40(27-30)37-16-8-10-18-43(37)47-44)28-19-22-35-33-13-4-3-11-31(33)32-12-5-6-14-34(32)38(35)25-28/h3-27H,1-2H3. The average molecular weight is 618 g/mol. The molecule has 8 aromatic carbocycles. The first-order chi connectivity index (χ1) is 23.1. The van der Waals surface area contributed by atoms with Crippen molar-refractivity contribution in [1.29, 1.82) is 0 Å². The van der Waals surface area contributed by atoms with Crippen LogP contribution in [0.15, 0.2) is 152 Å². The zero-order valence-electron chi connectivity index (χ0n) is 26.3.